The number of nitrogens with zero attached hydrogens (tertiary/aromatic N) is 3. The van der Waals surface area contributed by atoms with Gasteiger partial charge in [0.25, 0.3) is 0 Å². The van der Waals surface area contributed by atoms with Crippen LogP contribution in [0.1, 0.15) is 51.4 Å². The lowest BCUT2D eigenvalue weighted by Crippen LogP contribution is -2.58. The van der Waals surface area contributed by atoms with Crippen molar-refractivity contribution < 1.29 is 9.47 Å². The van der Waals surface area contributed by atoms with Crippen LogP contribution in [-0.4, -0.2) is 87.5 Å². The SMILES string of the molecule is CN=C(NCC1(N2CCC(OC)CC2)CCCC1)N1CCC2(CCOC2)C1.I. The number of likely N-dealkylation sites (tertiary alicyclic amines) is 2. The number of hydrogen-bond donors (Lipinski definition) is 1. The van der Waals surface area contributed by atoms with Gasteiger partial charge in [-0.05, 0) is 38.5 Å². The number of rotatable bonds is 4. The van der Waals surface area contributed by atoms with Crippen LogP contribution in [0.3, 0.4) is 0 Å². The molecule has 1 atom stereocenters. The minimum atomic E-state index is 0. The van der Waals surface area contributed by atoms with E-state index in [9.17, 15) is 0 Å². The summed E-state index contributed by atoms with van der Waals surface area (Å²) in [5, 5.41) is 3.79. The molecule has 3 heterocycles. The van der Waals surface area contributed by atoms with Crippen molar-refractivity contribution in [2.75, 3.05) is 60.1 Å². The summed E-state index contributed by atoms with van der Waals surface area (Å²) in [5.41, 5.74) is 0.688. The van der Waals surface area contributed by atoms with Gasteiger partial charge in [0.1, 0.15) is 0 Å². The summed E-state index contributed by atoms with van der Waals surface area (Å²) in [6.07, 6.45) is 10.6. The average molecular weight is 506 g/mol. The molecule has 6 nitrogen and oxygen atoms in total. The maximum absolute atomic E-state index is 5.69. The Balaban J connectivity index is 0.00000225. The topological polar surface area (TPSA) is 49.3 Å². The first-order valence-electron chi connectivity index (χ1n) is 11.0. The summed E-state index contributed by atoms with van der Waals surface area (Å²) < 4.78 is 11.3. The lowest BCUT2D eigenvalue weighted by molar-refractivity contribution is -0.00178. The highest BCUT2D eigenvalue weighted by molar-refractivity contribution is 14.0. The van der Waals surface area contributed by atoms with Gasteiger partial charge in [0.05, 0.1) is 12.7 Å². The van der Waals surface area contributed by atoms with Gasteiger partial charge in [-0.25, -0.2) is 0 Å². The third-order valence-corrected chi connectivity index (χ3v) is 7.69. The first-order chi connectivity index (χ1) is 13.2. The fourth-order valence-corrected chi connectivity index (χ4v) is 5.87. The molecule has 4 rings (SSSR count). The Kier molecular flexibility index (Phi) is 7.89. The highest BCUT2D eigenvalue weighted by atomic mass is 127. The molecule has 7 heteroatoms. The second-order valence-corrected chi connectivity index (χ2v) is 9.23. The van der Waals surface area contributed by atoms with Crippen molar-refractivity contribution >= 4 is 29.9 Å². The Morgan fingerprint density at radius 2 is 1.89 bits per heavy atom. The van der Waals surface area contributed by atoms with E-state index in [1.54, 1.807) is 0 Å². The van der Waals surface area contributed by atoms with E-state index in [1.807, 2.05) is 14.2 Å². The predicted octanol–water partition coefficient (Wildman–Crippen LogP) is 2.72. The molecular weight excluding hydrogens is 467 g/mol. The zero-order valence-corrected chi connectivity index (χ0v) is 20.1. The first-order valence-corrected chi connectivity index (χ1v) is 11.0. The summed E-state index contributed by atoms with van der Waals surface area (Å²) >= 11 is 0. The Bertz CT molecular complexity index is 524. The van der Waals surface area contributed by atoms with E-state index in [0.717, 1.165) is 38.8 Å². The number of ether oxygens (including phenoxy) is 2. The van der Waals surface area contributed by atoms with Crippen LogP contribution in [0.4, 0.5) is 0 Å². The summed E-state index contributed by atoms with van der Waals surface area (Å²) in [7, 11) is 3.79. The van der Waals surface area contributed by atoms with Crippen molar-refractivity contribution in [2.24, 2.45) is 10.4 Å². The normalized spacial score (nSPS) is 31.5. The van der Waals surface area contributed by atoms with E-state index in [2.05, 4.69) is 20.1 Å². The fraction of sp³-hybridized carbons (Fsp3) is 0.952. The third-order valence-electron chi connectivity index (χ3n) is 7.69. The van der Waals surface area contributed by atoms with Gasteiger partial charge in [0, 0.05) is 64.4 Å². The van der Waals surface area contributed by atoms with E-state index in [4.69, 9.17) is 9.47 Å². The largest absolute Gasteiger partial charge is 0.381 e. The van der Waals surface area contributed by atoms with Gasteiger partial charge in [-0.2, -0.15) is 0 Å². The van der Waals surface area contributed by atoms with Crippen molar-refractivity contribution in [2.45, 2.75) is 63.0 Å². The van der Waals surface area contributed by atoms with E-state index < -0.39 is 0 Å². The first kappa shape index (κ1) is 22.6. The van der Waals surface area contributed by atoms with E-state index in [0.29, 0.717) is 17.1 Å². The Morgan fingerprint density at radius 3 is 2.50 bits per heavy atom. The molecule has 1 N–H and O–H groups in total. The highest BCUT2D eigenvalue weighted by Gasteiger charge is 2.44. The van der Waals surface area contributed by atoms with Gasteiger partial charge in [-0.3, -0.25) is 9.89 Å². The van der Waals surface area contributed by atoms with Crippen molar-refractivity contribution in [3.63, 3.8) is 0 Å². The molecule has 4 aliphatic rings. The summed E-state index contributed by atoms with van der Waals surface area (Å²) in [6.45, 7) is 7.43. The van der Waals surface area contributed by atoms with Crippen LogP contribution in [-0.2, 0) is 9.47 Å². The number of nitrogens with one attached hydrogen (secondary N) is 1. The van der Waals surface area contributed by atoms with Crippen molar-refractivity contribution in [1.29, 1.82) is 0 Å². The molecule has 0 aromatic heterocycles. The van der Waals surface area contributed by atoms with Gasteiger partial charge in [-0.1, -0.05) is 12.8 Å². The Morgan fingerprint density at radius 1 is 1.14 bits per heavy atom. The monoisotopic (exact) mass is 506 g/mol. The minimum Gasteiger partial charge on any atom is -0.381 e. The van der Waals surface area contributed by atoms with E-state index in [1.165, 1.54) is 64.5 Å². The van der Waals surface area contributed by atoms with Crippen LogP contribution < -0.4 is 5.32 Å². The van der Waals surface area contributed by atoms with Gasteiger partial charge < -0.3 is 19.7 Å². The minimum absolute atomic E-state index is 0. The average Bonchev–Trinajstić information content (AvgIpc) is 3.46. The quantitative estimate of drug-likeness (QED) is 0.361. The maximum atomic E-state index is 5.69. The molecule has 1 unspecified atom stereocenters. The fourth-order valence-electron chi connectivity index (χ4n) is 5.87. The molecule has 0 bridgehead atoms. The maximum Gasteiger partial charge on any atom is 0.193 e. The number of piperidine rings is 1. The second-order valence-electron chi connectivity index (χ2n) is 9.23. The molecular formula is C21H39IN4O2. The zero-order chi connectivity index (χ0) is 18.7. The van der Waals surface area contributed by atoms with Crippen LogP contribution in [0.15, 0.2) is 4.99 Å². The third kappa shape index (κ3) is 4.62. The van der Waals surface area contributed by atoms with E-state index in [-0.39, 0.29) is 24.0 Å². The summed E-state index contributed by atoms with van der Waals surface area (Å²) in [4.78, 5) is 9.86. The van der Waals surface area contributed by atoms with Crippen molar-refractivity contribution in [1.82, 2.24) is 15.1 Å². The lowest BCUT2D eigenvalue weighted by Gasteiger charge is -2.45. The molecule has 28 heavy (non-hydrogen) atoms. The molecule has 1 aliphatic carbocycles. The molecule has 0 amide bonds. The number of hydrogen-bond acceptors (Lipinski definition) is 4. The van der Waals surface area contributed by atoms with Crippen LogP contribution in [0.2, 0.25) is 0 Å². The molecule has 4 fully saturated rings. The smallest absolute Gasteiger partial charge is 0.193 e. The van der Waals surface area contributed by atoms with Crippen molar-refractivity contribution in [3.8, 4) is 0 Å². The van der Waals surface area contributed by atoms with Crippen molar-refractivity contribution in [3.05, 3.63) is 0 Å². The number of methoxy groups -OCH3 is 1. The molecule has 0 radical (unpaired) electrons. The standard InChI is InChI=1S/C21H38N4O2.HI/c1-22-19(24-13-9-20(16-24)10-14-27-17-20)23-15-21(7-3-4-8-21)25-11-5-18(26-2)6-12-25;/h18H,3-17H2,1-2H3,(H,22,23);1H. The lowest BCUT2D eigenvalue weighted by atomic mass is 9.87. The van der Waals surface area contributed by atoms with Gasteiger partial charge in [-0.15, -0.1) is 24.0 Å². The zero-order valence-electron chi connectivity index (χ0n) is 17.8. The number of halogens is 1. The van der Waals surface area contributed by atoms with Gasteiger partial charge >= 0.3 is 0 Å². The molecule has 0 aromatic carbocycles. The van der Waals surface area contributed by atoms with Gasteiger partial charge in [0.2, 0.25) is 0 Å². The molecule has 162 valence electrons. The number of guanidine groups is 1. The highest BCUT2D eigenvalue weighted by Crippen LogP contribution is 2.39. The number of aliphatic imine (C=N–C) groups is 1. The van der Waals surface area contributed by atoms with Crippen LogP contribution in [0, 0.1) is 5.41 Å². The summed E-state index contributed by atoms with van der Waals surface area (Å²) in [6, 6.07) is 0. The van der Waals surface area contributed by atoms with Crippen LogP contribution in [0.25, 0.3) is 0 Å². The molecule has 3 aliphatic heterocycles. The van der Waals surface area contributed by atoms with Crippen LogP contribution >= 0.6 is 24.0 Å². The van der Waals surface area contributed by atoms with E-state index >= 15 is 0 Å². The van der Waals surface area contributed by atoms with Crippen LogP contribution in [0.5, 0.6) is 0 Å². The summed E-state index contributed by atoms with van der Waals surface area (Å²) in [5.74, 6) is 1.09. The molecule has 1 saturated carbocycles. The second kappa shape index (κ2) is 9.79. The molecule has 1 spiro atoms. The Labute approximate surface area is 187 Å². The Hall–Kier alpha value is -0.120. The molecule has 0 aromatic rings. The predicted molar refractivity (Wildman–Crippen MR) is 124 cm³/mol. The molecule has 3 saturated heterocycles. The van der Waals surface area contributed by atoms with Gasteiger partial charge in [0.15, 0.2) is 5.96 Å².